The minimum atomic E-state index is 0.0151. The number of carbonyl (C=O) groups excluding carboxylic acids is 1. The Morgan fingerprint density at radius 1 is 1.12 bits per heavy atom. The number of nitrogens with zero attached hydrogens (tertiary/aromatic N) is 5. The van der Waals surface area contributed by atoms with Gasteiger partial charge in [0.1, 0.15) is 10.7 Å². The number of carbonyl (C=O) groups is 1. The van der Waals surface area contributed by atoms with Crippen molar-refractivity contribution in [2.45, 2.75) is 30.2 Å². The Balaban J connectivity index is 1.38. The molecule has 4 aromatic rings. The van der Waals surface area contributed by atoms with Crippen molar-refractivity contribution in [1.29, 1.82) is 0 Å². The lowest BCUT2D eigenvalue weighted by Gasteiger charge is -2.25. The summed E-state index contributed by atoms with van der Waals surface area (Å²) in [5, 5.41) is 13.0. The average Bonchev–Trinajstić information content (AvgIpc) is 3.60. The van der Waals surface area contributed by atoms with E-state index in [1.807, 2.05) is 27.0 Å². The van der Waals surface area contributed by atoms with E-state index in [0.29, 0.717) is 38.2 Å². The quantitative estimate of drug-likeness (QED) is 0.282. The van der Waals surface area contributed by atoms with Crippen LogP contribution in [0.2, 0.25) is 10.0 Å². The third-order valence-corrected chi connectivity index (χ3v) is 7.99. The predicted octanol–water partition coefficient (Wildman–Crippen LogP) is 6.21. The minimum absolute atomic E-state index is 0.0151. The molecule has 1 amide bonds. The number of amides is 1. The van der Waals surface area contributed by atoms with E-state index in [9.17, 15) is 4.79 Å². The molecule has 1 aromatic carbocycles. The summed E-state index contributed by atoms with van der Waals surface area (Å²) in [6.45, 7) is 1.62. The van der Waals surface area contributed by atoms with E-state index in [-0.39, 0.29) is 5.91 Å². The van der Waals surface area contributed by atoms with E-state index in [1.165, 1.54) is 29.5 Å². The molecule has 11 heteroatoms. The topological polar surface area (TPSA) is 77.0 Å². The standard InChI is InChI=1S/C22H19Cl2N5O2S2/c23-15-7-6-14(11-16(15)24)29-20(18-5-4-10-31-18)26-27-22(29)33-13-19-25-17(12-32-19)21(30)28-8-2-1-3-9-28/h4-7,10-12H,1-3,8-9,13H2. The van der Waals surface area contributed by atoms with E-state index in [0.717, 1.165) is 36.6 Å². The fraction of sp³-hybridized carbons (Fsp3) is 0.273. The average molecular weight is 520 g/mol. The van der Waals surface area contributed by atoms with Crippen LogP contribution in [-0.2, 0) is 5.75 Å². The minimum Gasteiger partial charge on any atom is -0.461 e. The Morgan fingerprint density at radius 3 is 2.73 bits per heavy atom. The SMILES string of the molecule is O=C(c1csc(CSc2nnc(-c3ccco3)n2-c2ccc(Cl)c(Cl)c2)n1)N1CCCCC1. The van der Waals surface area contributed by atoms with Gasteiger partial charge in [-0.3, -0.25) is 9.36 Å². The maximum atomic E-state index is 12.7. The third-order valence-electron chi connectivity index (χ3n) is 5.28. The first-order chi connectivity index (χ1) is 16.1. The van der Waals surface area contributed by atoms with Gasteiger partial charge in [0.25, 0.3) is 5.91 Å². The van der Waals surface area contributed by atoms with Gasteiger partial charge < -0.3 is 9.32 Å². The van der Waals surface area contributed by atoms with E-state index in [1.54, 1.807) is 24.5 Å². The second-order valence-electron chi connectivity index (χ2n) is 7.49. The fourth-order valence-corrected chi connectivity index (χ4v) is 5.68. The van der Waals surface area contributed by atoms with E-state index in [2.05, 4.69) is 15.2 Å². The number of hydrogen-bond donors (Lipinski definition) is 0. The van der Waals surface area contributed by atoms with Crippen molar-refractivity contribution in [2.75, 3.05) is 13.1 Å². The largest absolute Gasteiger partial charge is 0.461 e. The van der Waals surface area contributed by atoms with E-state index >= 15 is 0 Å². The van der Waals surface area contributed by atoms with Crippen LogP contribution in [0.25, 0.3) is 17.3 Å². The molecule has 3 aromatic heterocycles. The number of likely N-dealkylation sites (tertiary alicyclic amines) is 1. The number of furan rings is 1. The van der Waals surface area contributed by atoms with Gasteiger partial charge in [-0.15, -0.1) is 21.5 Å². The van der Waals surface area contributed by atoms with Crippen LogP contribution in [0.4, 0.5) is 0 Å². The summed E-state index contributed by atoms with van der Waals surface area (Å²) >= 11 is 15.3. The molecule has 5 rings (SSSR count). The van der Waals surface area contributed by atoms with Crippen LogP contribution in [0.1, 0.15) is 34.8 Å². The van der Waals surface area contributed by atoms with Crippen molar-refractivity contribution in [1.82, 2.24) is 24.6 Å². The molecule has 1 aliphatic rings. The second kappa shape index (κ2) is 9.89. The summed E-state index contributed by atoms with van der Waals surface area (Å²) in [4.78, 5) is 19.2. The van der Waals surface area contributed by atoms with Crippen molar-refractivity contribution in [3.05, 3.63) is 62.7 Å². The normalized spacial score (nSPS) is 14.1. The van der Waals surface area contributed by atoms with Crippen LogP contribution in [0.15, 0.2) is 51.5 Å². The van der Waals surface area contributed by atoms with Gasteiger partial charge in [0.2, 0.25) is 5.82 Å². The number of piperidine rings is 1. The molecular weight excluding hydrogens is 501 g/mol. The summed E-state index contributed by atoms with van der Waals surface area (Å²) in [5.41, 5.74) is 1.28. The molecule has 0 unspecified atom stereocenters. The molecule has 170 valence electrons. The van der Waals surface area contributed by atoms with Crippen molar-refractivity contribution in [3.63, 3.8) is 0 Å². The highest BCUT2D eigenvalue weighted by Crippen LogP contribution is 2.33. The zero-order valence-corrected chi connectivity index (χ0v) is 20.6. The maximum absolute atomic E-state index is 12.7. The summed E-state index contributed by atoms with van der Waals surface area (Å²) < 4.78 is 7.43. The van der Waals surface area contributed by atoms with Gasteiger partial charge in [0.05, 0.1) is 27.7 Å². The first-order valence-corrected chi connectivity index (χ1v) is 13.0. The highest BCUT2D eigenvalue weighted by molar-refractivity contribution is 7.98. The molecule has 1 fully saturated rings. The lowest BCUT2D eigenvalue weighted by molar-refractivity contribution is 0.0719. The molecule has 4 heterocycles. The molecule has 0 bridgehead atoms. The van der Waals surface area contributed by atoms with Gasteiger partial charge in [0.15, 0.2) is 10.9 Å². The molecule has 0 radical (unpaired) electrons. The third kappa shape index (κ3) is 4.82. The Labute approximate surface area is 208 Å². The van der Waals surface area contributed by atoms with Crippen molar-refractivity contribution in [2.24, 2.45) is 0 Å². The van der Waals surface area contributed by atoms with Gasteiger partial charge in [-0.1, -0.05) is 35.0 Å². The smallest absolute Gasteiger partial charge is 0.273 e. The number of thioether (sulfide) groups is 1. The van der Waals surface area contributed by atoms with Crippen LogP contribution in [-0.4, -0.2) is 43.6 Å². The van der Waals surface area contributed by atoms with Crippen molar-refractivity contribution < 1.29 is 9.21 Å². The Kier molecular flexibility index (Phi) is 6.73. The second-order valence-corrected chi connectivity index (χ2v) is 10.2. The molecule has 1 saturated heterocycles. The highest BCUT2D eigenvalue weighted by Gasteiger charge is 2.22. The monoisotopic (exact) mass is 519 g/mol. The zero-order chi connectivity index (χ0) is 22.8. The van der Waals surface area contributed by atoms with Gasteiger partial charge in [0, 0.05) is 18.5 Å². The number of rotatable bonds is 6. The summed E-state index contributed by atoms with van der Waals surface area (Å²) in [5.74, 6) is 1.71. The molecule has 0 N–H and O–H groups in total. The number of aromatic nitrogens is 4. The Morgan fingerprint density at radius 2 is 1.97 bits per heavy atom. The lowest BCUT2D eigenvalue weighted by atomic mass is 10.1. The number of halogens is 2. The molecule has 7 nitrogen and oxygen atoms in total. The van der Waals surface area contributed by atoms with E-state index < -0.39 is 0 Å². The number of benzene rings is 1. The Bertz CT molecular complexity index is 1270. The van der Waals surface area contributed by atoms with Crippen LogP contribution in [0.3, 0.4) is 0 Å². The zero-order valence-electron chi connectivity index (χ0n) is 17.4. The van der Waals surface area contributed by atoms with Crippen LogP contribution < -0.4 is 0 Å². The van der Waals surface area contributed by atoms with Gasteiger partial charge in [-0.05, 0) is 49.6 Å². The van der Waals surface area contributed by atoms with E-state index in [4.69, 9.17) is 27.6 Å². The van der Waals surface area contributed by atoms with Crippen molar-refractivity contribution in [3.8, 4) is 17.3 Å². The molecule has 1 aliphatic heterocycles. The molecule has 0 atom stereocenters. The molecule has 33 heavy (non-hydrogen) atoms. The first kappa shape index (κ1) is 22.5. The predicted molar refractivity (Wildman–Crippen MR) is 131 cm³/mol. The summed E-state index contributed by atoms with van der Waals surface area (Å²) in [7, 11) is 0. The number of thiazole rings is 1. The molecule has 0 spiro atoms. The van der Waals surface area contributed by atoms with Gasteiger partial charge in [-0.2, -0.15) is 0 Å². The fourth-order valence-electron chi connectivity index (χ4n) is 3.65. The Hall–Kier alpha value is -2.33. The van der Waals surface area contributed by atoms with Gasteiger partial charge in [-0.25, -0.2) is 4.98 Å². The van der Waals surface area contributed by atoms with Crippen molar-refractivity contribution >= 4 is 52.2 Å². The molecular formula is C22H19Cl2N5O2S2. The molecule has 0 aliphatic carbocycles. The maximum Gasteiger partial charge on any atom is 0.273 e. The summed E-state index contributed by atoms with van der Waals surface area (Å²) in [6, 6.07) is 8.98. The van der Waals surface area contributed by atoms with Gasteiger partial charge >= 0.3 is 0 Å². The molecule has 0 saturated carbocycles. The van der Waals surface area contributed by atoms with Crippen LogP contribution in [0.5, 0.6) is 0 Å². The van der Waals surface area contributed by atoms with Crippen LogP contribution in [0, 0.1) is 0 Å². The lowest BCUT2D eigenvalue weighted by Crippen LogP contribution is -2.35. The van der Waals surface area contributed by atoms with Crippen LogP contribution >= 0.6 is 46.3 Å². The first-order valence-electron chi connectivity index (χ1n) is 10.4. The highest BCUT2D eigenvalue weighted by atomic mass is 35.5. The number of hydrogen-bond acceptors (Lipinski definition) is 7. The summed E-state index contributed by atoms with van der Waals surface area (Å²) in [6.07, 6.45) is 4.89.